The van der Waals surface area contributed by atoms with E-state index in [1.165, 1.54) is 0 Å². The molecule has 1 aliphatic rings. The predicted octanol–water partition coefficient (Wildman–Crippen LogP) is 0.897. The molecule has 2 heterocycles. The second-order valence-electron chi connectivity index (χ2n) is 4.94. The number of hydrogen-bond donors (Lipinski definition) is 3. The minimum atomic E-state index is -0.762. The lowest BCUT2D eigenvalue weighted by atomic mass is 10.1. The second-order valence-corrected chi connectivity index (χ2v) is 4.94. The highest BCUT2D eigenvalue weighted by Crippen LogP contribution is 2.32. The van der Waals surface area contributed by atoms with Crippen LogP contribution in [0, 0.1) is 0 Å². The summed E-state index contributed by atoms with van der Waals surface area (Å²) in [5.74, 6) is 0.855. The summed E-state index contributed by atoms with van der Waals surface area (Å²) >= 11 is 0. The van der Waals surface area contributed by atoms with Crippen molar-refractivity contribution in [2.75, 3.05) is 6.79 Å². The van der Waals surface area contributed by atoms with Gasteiger partial charge in [-0.2, -0.15) is 0 Å². The first kappa shape index (κ1) is 14.9. The zero-order valence-electron chi connectivity index (χ0n) is 12.4. The Hall–Kier alpha value is -3.03. The number of H-pyrrole nitrogens is 2. The van der Waals surface area contributed by atoms with Crippen LogP contribution in [0.3, 0.4) is 0 Å². The molecule has 2 aromatic rings. The average Bonchev–Trinajstić information content (AvgIpc) is 2.97. The molecule has 0 saturated carbocycles. The van der Waals surface area contributed by atoms with E-state index in [2.05, 4.69) is 15.0 Å². The molecule has 8 heteroatoms. The highest BCUT2D eigenvalue weighted by molar-refractivity contribution is 6.01. The van der Waals surface area contributed by atoms with E-state index in [9.17, 15) is 14.7 Å². The fourth-order valence-electron chi connectivity index (χ4n) is 2.34. The molecule has 0 aliphatic carbocycles. The fourth-order valence-corrected chi connectivity index (χ4v) is 2.34. The van der Waals surface area contributed by atoms with Gasteiger partial charge in [-0.25, -0.2) is 4.79 Å². The molecule has 8 nitrogen and oxygen atoms in total. The molecule has 1 aromatic heterocycles. The molecule has 1 aliphatic heterocycles. The normalized spacial score (nSPS) is 13.3. The van der Waals surface area contributed by atoms with Crippen molar-refractivity contribution in [3.8, 4) is 17.4 Å². The smallest absolute Gasteiger partial charge is 0.328 e. The maximum Gasteiger partial charge on any atom is 0.328 e. The number of ether oxygens (including phenoxy) is 2. The summed E-state index contributed by atoms with van der Waals surface area (Å²) in [6, 6.07) is 5.46. The number of nitrogens with one attached hydrogen (secondary N) is 2. The predicted molar refractivity (Wildman–Crippen MR) is 82.4 cm³/mol. The molecule has 0 amide bonds. The van der Waals surface area contributed by atoms with E-state index in [0.717, 1.165) is 5.56 Å². The van der Waals surface area contributed by atoms with Crippen molar-refractivity contribution in [2.45, 2.75) is 19.9 Å². The molecule has 3 rings (SSSR count). The van der Waals surface area contributed by atoms with Gasteiger partial charge >= 0.3 is 5.69 Å². The average molecular weight is 317 g/mol. The van der Waals surface area contributed by atoms with E-state index >= 15 is 0 Å². The summed E-state index contributed by atoms with van der Waals surface area (Å²) in [6.07, 6.45) is 0.424. The molecule has 1 aromatic carbocycles. The number of hydrogen-bond acceptors (Lipinski definition) is 6. The molecule has 120 valence electrons. The van der Waals surface area contributed by atoms with Gasteiger partial charge in [-0.05, 0) is 24.1 Å². The number of benzene rings is 1. The Kier molecular flexibility index (Phi) is 3.88. The Morgan fingerprint density at radius 2 is 2.04 bits per heavy atom. The number of aliphatic imine (C=N–C) groups is 1. The van der Waals surface area contributed by atoms with Gasteiger partial charge in [0, 0.05) is 0 Å². The zero-order chi connectivity index (χ0) is 16.4. The summed E-state index contributed by atoms with van der Waals surface area (Å²) < 4.78 is 10.5. The first-order valence-electron chi connectivity index (χ1n) is 7.06. The van der Waals surface area contributed by atoms with Crippen molar-refractivity contribution in [3.63, 3.8) is 0 Å². The standard InChI is InChI=1S/C15H15N3O5/c1-2-9(12-13(19)17-15(21)18-14(12)20)16-6-8-3-4-10-11(5-8)23-7-22-10/h3-5H,2,6-7H2,1H3,(H3,17,18,19,20,21). The molecule has 0 spiro atoms. The molecule has 0 unspecified atom stereocenters. The van der Waals surface area contributed by atoms with Crippen molar-refractivity contribution in [3.05, 3.63) is 50.2 Å². The van der Waals surface area contributed by atoms with Crippen LogP contribution in [0.15, 0.2) is 32.8 Å². The van der Waals surface area contributed by atoms with Gasteiger partial charge in [0.25, 0.3) is 5.56 Å². The van der Waals surface area contributed by atoms with Gasteiger partial charge in [0.15, 0.2) is 11.5 Å². The van der Waals surface area contributed by atoms with Gasteiger partial charge < -0.3 is 14.6 Å². The maximum absolute atomic E-state index is 11.9. The van der Waals surface area contributed by atoms with E-state index in [1.54, 1.807) is 6.07 Å². The first-order valence-corrected chi connectivity index (χ1v) is 7.06. The Bertz CT molecular complexity index is 881. The molecule has 0 fully saturated rings. The summed E-state index contributed by atoms with van der Waals surface area (Å²) in [5, 5.41) is 9.80. The third-order valence-electron chi connectivity index (χ3n) is 3.44. The van der Waals surface area contributed by atoms with Gasteiger partial charge in [-0.1, -0.05) is 13.0 Å². The Morgan fingerprint density at radius 1 is 1.26 bits per heavy atom. The van der Waals surface area contributed by atoms with Gasteiger partial charge in [-0.15, -0.1) is 0 Å². The van der Waals surface area contributed by atoms with Crippen molar-refractivity contribution >= 4 is 5.71 Å². The molecule has 0 bridgehead atoms. The highest BCUT2D eigenvalue weighted by Gasteiger charge is 2.15. The van der Waals surface area contributed by atoms with E-state index in [4.69, 9.17) is 9.47 Å². The Balaban J connectivity index is 1.91. The monoisotopic (exact) mass is 317 g/mol. The van der Waals surface area contributed by atoms with Crippen LogP contribution < -0.4 is 20.7 Å². The largest absolute Gasteiger partial charge is 0.494 e. The highest BCUT2D eigenvalue weighted by atomic mass is 16.7. The van der Waals surface area contributed by atoms with E-state index in [1.807, 2.05) is 19.1 Å². The van der Waals surface area contributed by atoms with Gasteiger partial charge in [-0.3, -0.25) is 19.8 Å². The molecule has 0 radical (unpaired) electrons. The van der Waals surface area contributed by atoms with Gasteiger partial charge in [0.1, 0.15) is 5.56 Å². The molecular formula is C15H15N3O5. The van der Waals surface area contributed by atoms with Crippen molar-refractivity contribution in [1.82, 2.24) is 9.97 Å². The van der Waals surface area contributed by atoms with E-state index in [0.29, 0.717) is 30.2 Å². The topological polar surface area (TPSA) is 117 Å². The minimum absolute atomic E-state index is 0.0205. The lowest BCUT2D eigenvalue weighted by molar-refractivity contribution is 0.174. The summed E-state index contributed by atoms with van der Waals surface area (Å²) in [4.78, 5) is 31.6. The summed E-state index contributed by atoms with van der Waals surface area (Å²) in [6.45, 7) is 2.31. The van der Waals surface area contributed by atoms with Crippen LogP contribution in [0.4, 0.5) is 0 Å². The molecule has 0 saturated heterocycles. The molecular weight excluding hydrogens is 302 g/mol. The third-order valence-corrected chi connectivity index (χ3v) is 3.44. The van der Waals surface area contributed by atoms with Crippen LogP contribution in [-0.2, 0) is 6.54 Å². The number of rotatable bonds is 4. The molecule has 23 heavy (non-hydrogen) atoms. The Morgan fingerprint density at radius 3 is 2.78 bits per heavy atom. The van der Waals surface area contributed by atoms with Gasteiger partial charge in [0.05, 0.1) is 12.3 Å². The lowest BCUT2D eigenvalue weighted by Crippen LogP contribution is -2.27. The molecule has 3 N–H and O–H groups in total. The maximum atomic E-state index is 11.9. The number of aromatic amines is 2. The van der Waals surface area contributed by atoms with Crippen LogP contribution in [0.5, 0.6) is 17.4 Å². The van der Waals surface area contributed by atoms with Crippen molar-refractivity contribution < 1.29 is 14.6 Å². The van der Waals surface area contributed by atoms with Crippen LogP contribution in [0.1, 0.15) is 24.5 Å². The number of aromatic hydroxyl groups is 1. The minimum Gasteiger partial charge on any atom is -0.494 e. The number of fused-ring (bicyclic) bond motifs is 1. The van der Waals surface area contributed by atoms with Gasteiger partial charge in [0.2, 0.25) is 12.7 Å². The van der Waals surface area contributed by atoms with Crippen LogP contribution >= 0.6 is 0 Å². The van der Waals surface area contributed by atoms with Crippen LogP contribution in [0.2, 0.25) is 0 Å². The van der Waals surface area contributed by atoms with Crippen LogP contribution in [0.25, 0.3) is 0 Å². The lowest BCUT2D eigenvalue weighted by Gasteiger charge is -2.06. The summed E-state index contributed by atoms with van der Waals surface area (Å²) in [5.41, 5.74) is -0.175. The SMILES string of the molecule is CCC(=NCc1ccc2c(c1)OCO2)c1c(O)[nH]c(=O)[nH]c1=O. The van der Waals surface area contributed by atoms with E-state index < -0.39 is 17.1 Å². The zero-order valence-corrected chi connectivity index (χ0v) is 12.4. The number of nitrogens with zero attached hydrogens (tertiary/aromatic N) is 1. The quantitative estimate of drug-likeness (QED) is 0.724. The first-order chi connectivity index (χ1) is 11.1. The van der Waals surface area contributed by atoms with Crippen LogP contribution in [-0.4, -0.2) is 27.6 Å². The van der Waals surface area contributed by atoms with E-state index in [-0.39, 0.29) is 12.4 Å². The fraction of sp³-hybridized carbons (Fsp3) is 0.267. The number of aromatic nitrogens is 2. The third kappa shape index (κ3) is 2.96. The summed E-state index contributed by atoms with van der Waals surface area (Å²) in [7, 11) is 0. The Labute approximate surface area is 130 Å². The van der Waals surface area contributed by atoms with Crippen molar-refractivity contribution in [1.29, 1.82) is 0 Å². The second kappa shape index (κ2) is 5.99. The molecule has 0 atom stereocenters. The van der Waals surface area contributed by atoms with Crippen molar-refractivity contribution in [2.24, 2.45) is 4.99 Å².